The van der Waals surface area contributed by atoms with Crippen LogP contribution in [0.3, 0.4) is 0 Å². The van der Waals surface area contributed by atoms with Crippen molar-refractivity contribution in [2.45, 2.75) is 24.7 Å². The summed E-state index contributed by atoms with van der Waals surface area (Å²) in [5, 5.41) is 20.7. The highest BCUT2D eigenvalue weighted by Crippen LogP contribution is 2.57. The van der Waals surface area contributed by atoms with Gasteiger partial charge in [0.15, 0.2) is 0 Å². The lowest BCUT2D eigenvalue weighted by Crippen LogP contribution is -2.29. The van der Waals surface area contributed by atoms with Crippen molar-refractivity contribution in [3.63, 3.8) is 0 Å². The number of carbonyl (C=O) groups is 1. The molecule has 1 aliphatic heterocycles. The van der Waals surface area contributed by atoms with Gasteiger partial charge in [0.2, 0.25) is 5.95 Å². The summed E-state index contributed by atoms with van der Waals surface area (Å²) >= 11 is 1.48. The van der Waals surface area contributed by atoms with Crippen LogP contribution in [0, 0.1) is 11.3 Å². The first kappa shape index (κ1) is 20.5. The summed E-state index contributed by atoms with van der Waals surface area (Å²) in [5.74, 6) is 0.479. The second kappa shape index (κ2) is 7.97. The monoisotopic (exact) mass is 446 g/mol. The van der Waals surface area contributed by atoms with Gasteiger partial charge in [-0.05, 0) is 30.5 Å². The maximum absolute atomic E-state index is 12.7. The number of aromatic nitrogens is 3. The highest BCUT2D eigenvalue weighted by Gasteiger charge is 2.52. The van der Waals surface area contributed by atoms with E-state index in [1.807, 2.05) is 17.5 Å². The molecule has 9 heteroatoms. The van der Waals surface area contributed by atoms with Crippen LogP contribution in [-0.2, 0) is 11.8 Å². The third-order valence-electron chi connectivity index (χ3n) is 6.14. The van der Waals surface area contributed by atoms with Crippen LogP contribution >= 0.6 is 11.3 Å². The number of likely N-dealkylation sites (N-methyl/N-ethyl adjacent to an activating group) is 1. The van der Waals surface area contributed by atoms with E-state index >= 15 is 0 Å². The molecular weight excluding hydrogens is 424 g/mol. The van der Waals surface area contributed by atoms with Gasteiger partial charge in [-0.15, -0.1) is 11.3 Å². The van der Waals surface area contributed by atoms with Gasteiger partial charge in [-0.25, -0.2) is 15.0 Å². The number of hydrogen-bond donors (Lipinski definition) is 1. The van der Waals surface area contributed by atoms with Crippen molar-refractivity contribution in [2.24, 2.45) is 0 Å². The predicted molar refractivity (Wildman–Crippen MR) is 121 cm³/mol. The van der Waals surface area contributed by atoms with Crippen LogP contribution in [0.4, 0.5) is 11.6 Å². The third kappa shape index (κ3) is 3.51. The zero-order valence-electron chi connectivity index (χ0n) is 17.7. The van der Waals surface area contributed by atoms with E-state index in [9.17, 15) is 4.79 Å². The number of benzene rings is 1. The molecule has 1 aliphatic carbocycles. The molecule has 0 radical (unpaired) electrons. The zero-order chi connectivity index (χ0) is 22.3. The number of fused-ring (bicyclic) bond motifs is 2. The fourth-order valence-corrected chi connectivity index (χ4v) is 5.01. The molecule has 3 aromatic rings. The number of rotatable bonds is 6. The minimum atomic E-state index is -0.119. The number of thiazole rings is 1. The van der Waals surface area contributed by atoms with Gasteiger partial charge in [-0.1, -0.05) is 6.07 Å². The first-order chi connectivity index (χ1) is 15.5. The van der Waals surface area contributed by atoms with Crippen molar-refractivity contribution in [3.05, 3.63) is 52.8 Å². The van der Waals surface area contributed by atoms with E-state index in [0.29, 0.717) is 18.1 Å². The van der Waals surface area contributed by atoms with Gasteiger partial charge < -0.3 is 14.9 Å². The SMILES string of the molecule is CN(CCO)C(=O)c1ccc2c(c1)N(c1ncc(-c3nc(CC#N)cs3)cn1)CC21CC1. The molecule has 8 nitrogen and oxygen atoms in total. The van der Waals surface area contributed by atoms with Crippen LogP contribution in [-0.4, -0.2) is 57.6 Å². The minimum absolute atomic E-state index is 0.0697. The number of nitrogens with zero attached hydrogens (tertiary/aromatic N) is 6. The molecule has 1 N–H and O–H groups in total. The number of carbonyl (C=O) groups excluding carboxylic acids is 1. The van der Waals surface area contributed by atoms with Gasteiger partial charge in [0, 0.05) is 60.1 Å². The minimum Gasteiger partial charge on any atom is -0.395 e. The van der Waals surface area contributed by atoms with Crippen LogP contribution in [0.1, 0.15) is 34.5 Å². The van der Waals surface area contributed by atoms with Crippen molar-refractivity contribution in [3.8, 4) is 16.6 Å². The van der Waals surface area contributed by atoms with Gasteiger partial charge in [-0.3, -0.25) is 4.79 Å². The molecule has 0 unspecified atom stereocenters. The molecule has 1 amide bonds. The fraction of sp³-hybridized carbons (Fsp3) is 0.348. The van der Waals surface area contributed by atoms with E-state index < -0.39 is 0 Å². The van der Waals surface area contributed by atoms with Crippen LogP contribution in [0.5, 0.6) is 0 Å². The molecule has 1 aromatic carbocycles. The smallest absolute Gasteiger partial charge is 0.253 e. The predicted octanol–water partition coefficient (Wildman–Crippen LogP) is 2.91. The highest BCUT2D eigenvalue weighted by molar-refractivity contribution is 7.13. The standard InChI is InChI=1S/C23H22N6O2S/c1-28(8-9-30)21(31)15-2-3-18-19(10-15)29(14-23(18)5-6-23)22-25-11-16(12-26-22)20-27-17(4-7-24)13-32-20/h2-3,10-13,30H,4-6,8-9,14H2,1H3. The average molecular weight is 447 g/mol. The number of nitriles is 1. The summed E-state index contributed by atoms with van der Waals surface area (Å²) in [4.78, 5) is 30.1. The maximum Gasteiger partial charge on any atom is 0.253 e. The largest absolute Gasteiger partial charge is 0.395 e. The van der Waals surface area contributed by atoms with Crippen LogP contribution in [0.25, 0.3) is 10.6 Å². The van der Waals surface area contributed by atoms with Crippen molar-refractivity contribution in [1.82, 2.24) is 19.9 Å². The molecule has 2 aliphatic rings. The zero-order valence-corrected chi connectivity index (χ0v) is 18.5. The topological polar surface area (TPSA) is 106 Å². The second-order valence-electron chi connectivity index (χ2n) is 8.30. The normalized spacial score (nSPS) is 15.5. The summed E-state index contributed by atoms with van der Waals surface area (Å²) in [6, 6.07) is 7.97. The van der Waals surface area contributed by atoms with E-state index in [1.165, 1.54) is 21.8 Å². The number of amides is 1. The molecule has 1 saturated carbocycles. The lowest BCUT2D eigenvalue weighted by Gasteiger charge is -2.19. The maximum atomic E-state index is 12.7. The third-order valence-corrected chi connectivity index (χ3v) is 7.08. The molecule has 32 heavy (non-hydrogen) atoms. The molecule has 5 rings (SSSR count). The van der Waals surface area contributed by atoms with Crippen molar-refractivity contribution < 1.29 is 9.90 Å². The van der Waals surface area contributed by atoms with E-state index in [2.05, 4.69) is 32.0 Å². The molecule has 0 atom stereocenters. The number of aliphatic hydroxyl groups is 1. The Bertz CT molecular complexity index is 1210. The Labute approximate surface area is 189 Å². The summed E-state index contributed by atoms with van der Waals surface area (Å²) in [7, 11) is 1.69. The highest BCUT2D eigenvalue weighted by atomic mass is 32.1. The molecule has 162 valence electrons. The van der Waals surface area contributed by atoms with Crippen molar-refractivity contribution >= 4 is 28.9 Å². The van der Waals surface area contributed by atoms with E-state index in [1.54, 1.807) is 19.4 Å². The molecule has 1 spiro atoms. The van der Waals surface area contributed by atoms with Gasteiger partial charge in [-0.2, -0.15) is 5.26 Å². The molecule has 3 heterocycles. The Morgan fingerprint density at radius 1 is 1.34 bits per heavy atom. The molecule has 1 fully saturated rings. The van der Waals surface area contributed by atoms with E-state index in [4.69, 9.17) is 10.4 Å². The van der Waals surface area contributed by atoms with Crippen LogP contribution < -0.4 is 4.90 Å². The van der Waals surface area contributed by atoms with Gasteiger partial charge in [0.05, 0.1) is 24.8 Å². The number of hydrogen-bond acceptors (Lipinski definition) is 8. The van der Waals surface area contributed by atoms with Gasteiger partial charge in [0.25, 0.3) is 5.91 Å². The number of aliphatic hydroxyl groups excluding tert-OH is 1. The summed E-state index contributed by atoms with van der Waals surface area (Å²) < 4.78 is 0. The first-order valence-corrected chi connectivity index (χ1v) is 11.3. The Morgan fingerprint density at radius 2 is 2.12 bits per heavy atom. The summed E-state index contributed by atoms with van der Waals surface area (Å²) in [6.07, 6.45) is 6.05. The molecule has 0 saturated heterocycles. The van der Waals surface area contributed by atoms with Crippen LogP contribution in [0.2, 0.25) is 0 Å². The van der Waals surface area contributed by atoms with Crippen molar-refractivity contribution in [1.29, 1.82) is 5.26 Å². The van der Waals surface area contributed by atoms with E-state index in [0.717, 1.165) is 41.3 Å². The Balaban J connectivity index is 1.44. The fourth-order valence-electron chi connectivity index (χ4n) is 4.21. The summed E-state index contributed by atoms with van der Waals surface area (Å²) in [5.41, 5.74) is 4.50. The summed E-state index contributed by atoms with van der Waals surface area (Å²) in [6.45, 7) is 1.02. The molecule has 0 bridgehead atoms. The lowest BCUT2D eigenvalue weighted by molar-refractivity contribution is 0.0767. The molecular formula is C23H22N6O2S. The van der Waals surface area contributed by atoms with Crippen LogP contribution in [0.15, 0.2) is 36.0 Å². The molecule has 2 aromatic heterocycles. The van der Waals surface area contributed by atoms with Crippen molar-refractivity contribution in [2.75, 3.05) is 31.6 Å². The Kier molecular flexibility index (Phi) is 5.12. The Hall–Kier alpha value is -3.35. The first-order valence-electron chi connectivity index (χ1n) is 10.5. The Morgan fingerprint density at radius 3 is 2.81 bits per heavy atom. The average Bonchev–Trinajstić information content (AvgIpc) is 3.32. The number of anilines is 2. The quantitative estimate of drug-likeness (QED) is 0.620. The lowest BCUT2D eigenvalue weighted by atomic mass is 9.97. The second-order valence-corrected chi connectivity index (χ2v) is 9.16. The van der Waals surface area contributed by atoms with Gasteiger partial charge in [0.1, 0.15) is 5.01 Å². The van der Waals surface area contributed by atoms with E-state index in [-0.39, 0.29) is 24.3 Å². The van der Waals surface area contributed by atoms with Gasteiger partial charge >= 0.3 is 0 Å².